The van der Waals surface area contributed by atoms with Crippen LogP contribution in [0.5, 0.6) is 0 Å². The molecule has 0 aliphatic carbocycles. The molecule has 0 bridgehead atoms. The first-order valence-electron chi connectivity index (χ1n) is 7.24. The minimum atomic E-state index is -0.471. The number of carbonyl (C=O) groups is 2. The van der Waals surface area contributed by atoms with Gasteiger partial charge in [-0.05, 0) is 18.1 Å². The summed E-state index contributed by atoms with van der Waals surface area (Å²) in [5.74, 6) is -0.477. The number of rotatable bonds is 7. The number of primary amides is 1. The second kappa shape index (κ2) is 9.74. The maximum atomic E-state index is 11.8. The van der Waals surface area contributed by atoms with E-state index >= 15 is 0 Å². The first-order chi connectivity index (χ1) is 10.6. The zero-order chi connectivity index (χ0) is 15.8. The highest BCUT2D eigenvalue weighted by atomic mass is 79.9. The van der Waals surface area contributed by atoms with Gasteiger partial charge in [-0.1, -0.05) is 30.3 Å². The molecular formula is C17H20BrN3O2. The third-order valence-corrected chi connectivity index (χ3v) is 3.32. The van der Waals surface area contributed by atoms with E-state index in [1.165, 1.54) is 5.56 Å². The Balaban J connectivity index is 0.00000264. The molecular weight excluding hydrogens is 358 g/mol. The molecule has 0 saturated carbocycles. The van der Waals surface area contributed by atoms with E-state index in [1.54, 1.807) is 22.9 Å². The molecule has 0 aliphatic heterocycles. The average Bonchev–Trinajstić information content (AvgIpc) is 2.54. The van der Waals surface area contributed by atoms with Crippen molar-refractivity contribution in [1.29, 1.82) is 0 Å². The van der Waals surface area contributed by atoms with Crippen LogP contribution in [-0.2, 0) is 17.8 Å². The number of aryl methyl sites for hydroxylation is 1. The van der Waals surface area contributed by atoms with Crippen molar-refractivity contribution in [3.8, 4) is 0 Å². The van der Waals surface area contributed by atoms with Gasteiger partial charge in [0.1, 0.15) is 5.56 Å². The predicted molar refractivity (Wildman–Crippen MR) is 82.9 cm³/mol. The van der Waals surface area contributed by atoms with Crippen LogP contribution in [0.2, 0.25) is 0 Å². The predicted octanol–water partition coefficient (Wildman–Crippen LogP) is -2.17. The normalized spacial score (nSPS) is 9.74. The molecule has 0 fully saturated rings. The van der Waals surface area contributed by atoms with Crippen molar-refractivity contribution in [2.24, 2.45) is 5.73 Å². The Bertz CT molecular complexity index is 647. The smallest absolute Gasteiger partial charge is 0.254 e. The monoisotopic (exact) mass is 377 g/mol. The van der Waals surface area contributed by atoms with E-state index in [0.717, 1.165) is 6.42 Å². The summed E-state index contributed by atoms with van der Waals surface area (Å²) in [6.45, 7) is 1.13. The van der Waals surface area contributed by atoms with Crippen LogP contribution < -0.4 is 32.6 Å². The summed E-state index contributed by atoms with van der Waals surface area (Å²) in [6.07, 6.45) is 4.64. The number of benzene rings is 1. The van der Waals surface area contributed by atoms with Gasteiger partial charge >= 0.3 is 0 Å². The Kier molecular flexibility index (Phi) is 7.97. The SMILES string of the molecule is NC(=O)c1ccc[n+](CCC(=O)NCCc2ccccc2)c1.[Br-]. The first kappa shape index (κ1) is 18.8. The molecule has 2 aromatic rings. The molecule has 0 unspecified atom stereocenters. The number of nitrogens with zero attached hydrogens (tertiary/aromatic N) is 1. The largest absolute Gasteiger partial charge is 1.00 e. The molecule has 0 saturated heterocycles. The maximum absolute atomic E-state index is 11.8. The summed E-state index contributed by atoms with van der Waals surface area (Å²) in [4.78, 5) is 22.9. The van der Waals surface area contributed by atoms with Crippen molar-refractivity contribution < 1.29 is 31.1 Å². The van der Waals surface area contributed by atoms with Crippen molar-refractivity contribution in [1.82, 2.24) is 5.32 Å². The number of carbonyl (C=O) groups excluding carboxylic acids is 2. The summed E-state index contributed by atoms with van der Waals surface area (Å²) in [5, 5.41) is 2.89. The molecule has 1 aromatic heterocycles. The molecule has 23 heavy (non-hydrogen) atoms. The third kappa shape index (κ3) is 6.61. The second-order valence-corrected chi connectivity index (χ2v) is 5.03. The van der Waals surface area contributed by atoms with Gasteiger partial charge in [-0.2, -0.15) is 0 Å². The summed E-state index contributed by atoms with van der Waals surface area (Å²) >= 11 is 0. The topological polar surface area (TPSA) is 76.1 Å². The molecule has 0 radical (unpaired) electrons. The van der Waals surface area contributed by atoms with Gasteiger partial charge < -0.3 is 28.0 Å². The quantitative estimate of drug-likeness (QED) is 0.538. The summed E-state index contributed by atoms with van der Waals surface area (Å²) in [7, 11) is 0. The van der Waals surface area contributed by atoms with Gasteiger partial charge in [0.25, 0.3) is 5.91 Å². The highest BCUT2D eigenvalue weighted by Gasteiger charge is 2.09. The van der Waals surface area contributed by atoms with Crippen LogP contribution >= 0.6 is 0 Å². The molecule has 0 spiro atoms. The average molecular weight is 378 g/mol. The highest BCUT2D eigenvalue weighted by Crippen LogP contribution is 1.98. The molecule has 6 heteroatoms. The minimum absolute atomic E-state index is 0. The Morgan fingerprint density at radius 1 is 1.09 bits per heavy atom. The molecule has 5 nitrogen and oxygen atoms in total. The van der Waals surface area contributed by atoms with E-state index < -0.39 is 5.91 Å². The second-order valence-electron chi connectivity index (χ2n) is 5.03. The van der Waals surface area contributed by atoms with Crippen molar-refractivity contribution in [3.63, 3.8) is 0 Å². The van der Waals surface area contributed by atoms with Gasteiger partial charge in [-0.15, -0.1) is 0 Å². The number of nitrogens with two attached hydrogens (primary N) is 1. The third-order valence-electron chi connectivity index (χ3n) is 3.32. The molecule has 2 rings (SSSR count). The van der Waals surface area contributed by atoms with E-state index in [1.807, 2.05) is 36.5 Å². The van der Waals surface area contributed by atoms with Crippen LogP contribution in [0.25, 0.3) is 0 Å². The van der Waals surface area contributed by atoms with Crippen molar-refractivity contribution in [3.05, 3.63) is 66.0 Å². The molecule has 1 aromatic carbocycles. The van der Waals surface area contributed by atoms with Gasteiger partial charge in [-0.25, -0.2) is 4.57 Å². The summed E-state index contributed by atoms with van der Waals surface area (Å²) < 4.78 is 1.79. The number of pyridine rings is 1. The minimum Gasteiger partial charge on any atom is -1.00 e. The zero-order valence-corrected chi connectivity index (χ0v) is 14.3. The molecule has 0 atom stereocenters. The highest BCUT2D eigenvalue weighted by molar-refractivity contribution is 5.92. The van der Waals surface area contributed by atoms with Gasteiger partial charge in [0.05, 0.1) is 6.42 Å². The molecule has 3 N–H and O–H groups in total. The fourth-order valence-corrected chi connectivity index (χ4v) is 2.12. The fraction of sp³-hybridized carbons (Fsp3) is 0.235. The number of nitrogens with one attached hydrogen (secondary N) is 1. The number of aromatic nitrogens is 1. The van der Waals surface area contributed by atoms with Crippen LogP contribution in [0.3, 0.4) is 0 Å². The lowest BCUT2D eigenvalue weighted by molar-refractivity contribution is -0.695. The van der Waals surface area contributed by atoms with E-state index in [-0.39, 0.29) is 22.9 Å². The summed E-state index contributed by atoms with van der Waals surface area (Å²) in [6, 6.07) is 13.4. The lowest BCUT2D eigenvalue weighted by Crippen LogP contribution is -3.00. The number of hydrogen-bond acceptors (Lipinski definition) is 2. The first-order valence-corrected chi connectivity index (χ1v) is 7.24. The lowest BCUT2D eigenvalue weighted by atomic mass is 10.1. The zero-order valence-electron chi connectivity index (χ0n) is 12.7. The number of hydrogen-bond donors (Lipinski definition) is 2. The van der Waals surface area contributed by atoms with Crippen LogP contribution in [0.15, 0.2) is 54.9 Å². The number of halogens is 1. The molecule has 122 valence electrons. The Labute approximate surface area is 146 Å². The molecule has 0 aliphatic rings. The Hall–Kier alpha value is -2.21. The van der Waals surface area contributed by atoms with Crippen molar-refractivity contribution in [2.45, 2.75) is 19.4 Å². The Morgan fingerprint density at radius 2 is 1.83 bits per heavy atom. The molecule has 2 amide bonds. The number of amides is 2. The van der Waals surface area contributed by atoms with E-state index in [4.69, 9.17) is 5.73 Å². The molecule has 1 heterocycles. The van der Waals surface area contributed by atoms with Gasteiger partial charge in [0, 0.05) is 12.6 Å². The fourth-order valence-electron chi connectivity index (χ4n) is 2.12. The van der Waals surface area contributed by atoms with Crippen LogP contribution in [0, 0.1) is 0 Å². The van der Waals surface area contributed by atoms with Crippen molar-refractivity contribution in [2.75, 3.05) is 6.54 Å². The standard InChI is InChI=1S/C17H19N3O2.BrH/c18-17(22)15-7-4-11-20(13-15)12-9-16(21)19-10-8-14-5-2-1-3-6-14;/h1-7,11,13H,8-10,12H2,(H2-,18,19,21,22);1H. The van der Waals surface area contributed by atoms with Gasteiger partial charge in [0.15, 0.2) is 18.9 Å². The van der Waals surface area contributed by atoms with Crippen LogP contribution in [0.4, 0.5) is 0 Å². The van der Waals surface area contributed by atoms with Gasteiger partial charge in [-0.3, -0.25) is 9.59 Å². The van der Waals surface area contributed by atoms with E-state index in [9.17, 15) is 9.59 Å². The van der Waals surface area contributed by atoms with Crippen LogP contribution in [0.1, 0.15) is 22.3 Å². The maximum Gasteiger partial charge on any atom is 0.254 e. The van der Waals surface area contributed by atoms with E-state index in [0.29, 0.717) is 25.1 Å². The van der Waals surface area contributed by atoms with E-state index in [2.05, 4.69) is 5.32 Å². The Morgan fingerprint density at radius 3 is 2.52 bits per heavy atom. The lowest BCUT2D eigenvalue weighted by Gasteiger charge is -2.04. The van der Waals surface area contributed by atoms with Crippen LogP contribution in [-0.4, -0.2) is 18.4 Å². The summed E-state index contributed by atoms with van der Waals surface area (Å²) in [5.41, 5.74) is 6.87. The van der Waals surface area contributed by atoms with Gasteiger partial charge in [0.2, 0.25) is 5.91 Å². The van der Waals surface area contributed by atoms with Crippen molar-refractivity contribution >= 4 is 11.8 Å².